The molecule has 2 nitrogen and oxygen atoms in total. The van der Waals surface area contributed by atoms with E-state index in [-0.39, 0.29) is 0 Å². The standard InChI is InChI=1S/C8H20N2/c1-5-7(2)8(9)6-10(3)4/h7-8H,5-6,9H2,1-4H3/t7-,8+/m0/s1. The first-order valence-corrected chi connectivity index (χ1v) is 3.98. The van der Waals surface area contributed by atoms with Crippen molar-refractivity contribution >= 4 is 0 Å². The topological polar surface area (TPSA) is 29.3 Å². The lowest BCUT2D eigenvalue weighted by Gasteiger charge is -2.21. The first-order chi connectivity index (χ1) is 4.57. The van der Waals surface area contributed by atoms with E-state index in [0.29, 0.717) is 12.0 Å². The Morgan fingerprint density at radius 1 is 1.40 bits per heavy atom. The van der Waals surface area contributed by atoms with Gasteiger partial charge < -0.3 is 10.6 Å². The highest BCUT2D eigenvalue weighted by molar-refractivity contribution is 4.69. The van der Waals surface area contributed by atoms with Gasteiger partial charge in [-0.05, 0) is 20.0 Å². The molecule has 10 heavy (non-hydrogen) atoms. The van der Waals surface area contributed by atoms with Crippen LogP contribution < -0.4 is 5.73 Å². The smallest absolute Gasteiger partial charge is 0.0193 e. The first kappa shape index (κ1) is 9.92. The van der Waals surface area contributed by atoms with Crippen molar-refractivity contribution in [2.24, 2.45) is 11.7 Å². The number of nitrogens with two attached hydrogens (primary N) is 1. The highest BCUT2D eigenvalue weighted by atomic mass is 15.1. The van der Waals surface area contributed by atoms with Gasteiger partial charge in [0.2, 0.25) is 0 Å². The summed E-state index contributed by atoms with van der Waals surface area (Å²) in [5.74, 6) is 0.641. The Bertz CT molecular complexity index is 81.3. The van der Waals surface area contributed by atoms with Crippen molar-refractivity contribution in [3.8, 4) is 0 Å². The van der Waals surface area contributed by atoms with Gasteiger partial charge in [0.25, 0.3) is 0 Å². The van der Waals surface area contributed by atoms with Crippen molar-refractivity contribution in [2.75, 3.05) is 20.6 Å². The molecule has 0 heterocycles. The average Bonchev–Trinajstić information content (AvgIpc) is 1.85. The van der Waals surface area contributed by atoms with Gasteiger partial charge in [0.05, 0.1) is 0 Å². The molecule has 62 valence electrons. The Balaban J connectivity index is 3.50. The third-order valence-corrected chi connectivity index (χ3v) is 1.95. The Kier molecular flexibility index (Phi) is 4.65. The van der Waals surface area contributed by atoms with Gasteiger partial charge >= 0.3 is 0 Å². The summed E-state index contributed by atoms with van der Waals surface area (Å²) in [5, 5.41) is 0. The fraction of sp³-hybridized carbons (Fsp3) is 1.00. The molecule has 0 fully saturated rings. The number of hydrogen-bond acceptors (Lipinski definition) is 2. The Labute approximate surface area is 64.4 Å². The van der Waals surface area contributed by atoms with Crippen LogP contribution in [0.4, 0.5) is 0 Å². The van der Waals surface area contributed by atoms with Gasteiger partial charge in [-0.3, -0.25) is 0 Å². The number of likely N-dealkylation sites (N-methyl/N-ethyl adjacent to an activating group) is 1. The number of hydrogen-bond donors (Lipinski definition) is 1. The van der Waals surface area contributed by atoms with E-state index in [2.05, 4.69) is 32.8 Å². The molecule has 0 saturated heterocycles. The fourth-order valence-corrected chi connectivity index (χ4v) is 0.904. The molecular formula is C8H20N2. The molecule has 0 unspecified atom stereocenters. The van der Waals surface area contributed by atoms with Crippen molar-refractivity contribution in [3.63, 3.8) is 0 Å². The van der Waals surface area contributed by atoms with Gasteiger partial charge in [0, 0.05) is 12.6 Å². The molecule has 0 aliphatic rings. The molecule has 0 aliphatic carbocycles. The number of rotatable bonds is 4. The summed E-state index contributed by atoms with van der Waals surface area (Å²) in [6.45, 7) is 5.38. The van der Waals surface area contributed by atoms with E-state index in [1.807, 2.05) is 0 Å². The van der Waals surface area contributed by atoms with E-state index in [9.17, 15) is 0 Å². The van der Waals surface area contributed by atoms with Gasteiger partial charge in [-0.1, -0.05) is 20.3 Å². The van der Waals surface area contributed by atoms with Gasteiger partial charge in [-0.2, -0.15) is 0 Å². The molecular weight excluding hydrogens is 124 g/mol. The van der Waals surface area contributed by atoms with Crippen molar-refractivity contribution in [2.45, 2.75) is 26.3 Å². The van der Waals surface area contributed by atoms with E-state index < -0.39 is 0 Å². The van der Waals surface area contributed by atoms with E-state index in [1.54, 1.807) is 0 Å². The maximum atomic E-state index is 5.89. The second-order valence-corrected chi connectivity index (χ2v) is 3.31. The summed E-state index contributed by atoms with van der Waals surface area (Å²) >= 11 is 0. The molecule has 0 aromatic rings. The molecule has 0 radical (unpaired) electrons. The Morgan fingerprint density at radius 3 is 2.20 bits per heavy atom. The molecule has 0 saturated carbocycles. The monoisotopic (exact) mass is 144 g/mol. The van der Waals surface area contributed by atoms with Crippen molar-refractivity contribution in [1.29, 1.82) is 0 Å². The minimum atomic E-state index is 0.333. The second kappa shape index (κ2) is 4.69. The van der Waals surface area contributed by atoms with Crippen molar-refractivity contribution < 1.29 is 0 Å². The lowest BCUT2D eigenvalue weighted by molar-refractivity contribution is 0.315. The molecule has 0 bridgehead atoms. The van der Waals surface area contributed by atoms with Crippen LogP contribution >= 0.6 is 0 Å². The Morgan fingerprint density at radius 2 is 1.90 bits per heavy atom. The largest absolute Gasteiger partial charge is 0.326 e. The van der Waals surface area contributed by atoms with Crippen LogP contribution in [0.5, 0.6) is 0 Å². The van der Waals surface area contributed by atoms with Gasteiger partial charge in [0.1, 0.15) is 0 Å². The maximum Gasteiger partial charge on any atom is 0.0193 e. The predicted molar refractivity (Wildman–Crippen MR) is 46.0 cm³/mol. The summed E-state index contributed by atoms with van der Waals surface area (Å²) in [5.41, 5.74) is 5.89. The SMILES string of the molecule is CC[C@H](C)[C@H](N)CN(C)C. The van der Waals surface area contributed by atoms with Crippen LogP contribution in [0.3, 0.4) is 0 Å². The van der Waals surface area contributed by atoms with Crippen LogP contribution in [-0.2, 0) is 0 Å². The summed E-state index contributed by atoms with van der Waals surface area (Å²) < 4.78 is 0. The highest BCUT2D eigenvalue weighted by Crippen LogP contribution is 2.04. The van der Waals surface area contributed by atoms with Crippen LogP contribution in [0, 0.1) is 5.92 Å². The molecule has 0 spiro atoms. The zero-order valence-corrected chi connectivity index (χ0v) is 7.59. The number of nitrogens with zero attached hydrogens (tertiary/aromatic N) is 1. The van der Waals surface area contributed by atoms with Crippen LogP contribution in [-0.4, -0.2) is 31.6 Å². The lowest BCUT2D eigenvalue weighted by atomic mass is 10.00. The zero-order valence-electron chi connectivity index (χ0n) is 7.59. The third-order valence-electron chi connectivity index (χ3n) is 1.95. The Hall–Kier alpha value is -0.0800. The van der Waals surface area contributed by atoms with Crippen LogP contribution in [0.15, 0.2) is 0 Å². The first-order valence-electron chi connectivity index (χ1n) is 3.98. The summed E-state index contributed by atoms with van der Waals surface area (Å²) in [6, 6.07) is 0.333. The summed E-state index contributed by atoms with van der Waals surface area (Å²) in [7, 11) is 4.12. The molecule has 0 rings (SSSR count). The van der Waals surface area contributed by atoms with Crippen molar-refractivity contribution in [3.05, 3.63) is 0 Å². The summed E-state index contributed by atoms with van der Waals surface area (Å²) in [6.07, 6.45) is 1.18. The maximum absolute atomic E-state index is 5.89. The van der Waals surface area contributed by atoms with E-state index in [1.165, 1.54) is 6.42 Å². The summed E-state index contributed by atoms with van der Waals surface area (Å²) in [4.78, 5) is 2.14. The third kappa shape index (κ3) is 3.85. The quantitative estimate of drug-likeness (QED) is 0.636. The molecule has 0 amide bonds. The van der Waals surface area contributed by atoms with Crippen LogP contribution in [0.2, 0.25) is 0 Å². The van der Waals surface area contributed by atoms with Gasteiger partial charge in [-0.15, -0.1) is 0 Å². The van der Waals surface area contributed by atoms with Gasteiger partial charge in [0.15, 0.2) is 0 Å². The molecule has 2 N–H and O–H groups in total. The highest BCUT2D eigenvalue weighted by Gasteiger charge is 2.10. The van der Waals surface area contributed by atoms with E-state index in [4.69, 9.17) is 5.73 Å². The molecule has 2 heteroatoms. The second-order valence-electron chi connectivity index (χ2n) is 3.31. The van der Waals surface area contributed by atoms with E-state index >= 15 is 0 Å². The average molecular weight is 144 g/mol. The fourth-order valence-electron chi connectivity index (χ4n) is 0.904. The minimum absolute atomic E-state index is 0.333. The van der Waals surface area contributed by atoms with Gasteiger partial charge in [-0.25, -0.2) is 0 Å². The predicted octanol–water partition coefficient (Wildman–Crippen LogP) is 0.921. The molecule has 2 atom stereocenters. The lowest BCUT2D eigenvalue weighted by Crippen LogP contribution is -2.38. The van der Waals surface area contributed by atoms with Crippen LogP contribution in [0.1, 0.15) is 20.3 Å². The van der Waals surface area contributed by atoms with Crippen molar-refractivity contribution in [1.82, 2.24) is 4.90 Å². The van der Waals surface area contributed by atoms with Crippen LogP contribution in [0.25, 0.3) is 0 Å². The van der Waals surface area contributed by atoms with E-state index in [0.717, 1.165) is 6.54 Å². The zero-order chi connectivity index (χ0) is 8.15. The molecule has 0 aromatic carbocycles. The molecule has 0 aromatic heterocycles. The molecule has 0 aliphatic heterocycles. The minimum Gasteiger partial charge on any atom is -0.326 e. The normalized spacial score (nSPS) is 17.4.